The van der Waals surface area contributed by atoms with Gasteiger partial charge in [0.25, 0.3) is 0 Å². The van der Waals surface area contributed by atoms with Crippen LogP contribution in [0.15, 0.2) is 11.6 Å². The van der Waals surface area contributed by atoms with Crippen LogP contribution in [-0.4, -0.2) is 30.9 Å². The van der Waals surface area contributed by atoms with Crippen LogP contribution in [0.25, 0.3) is 0 Å². The van der Waals surface area contributed by atoms with Crippen LogP contribution in [0.3, 0.4) is 0 Å². The van der Waals surface area contributed by atoms with Crippen molar-refractivity contribution in [3.8, 4) is 18.2 Å². The Labute approximate surface area is 164 Å². The predicted octanol–water partition coefficient (Wildman–Crippen LogP) is 2.81. The molecule has 1 unspecified atom stereocenters. The minimum absolute atomic E-state index is 0.0190. The molecule has 8 heteroatoms. The molecule has 148 valence electrons. The fraction of sp³-hybridized carbons (Fsp3) is 0.600. The minimum atomic E-state index is -1.88. The Kier molecular flexibility index (Phi) is 7.89. The highest BCUT2D eigenvalue weighted by Crippen LogP contribution is 2.51. The molecule has 0 aromatic rings. The summed E-state index contributed by atoms with van der Waals surface area (Å²) in [6, 6.07) is 5.78. The number of nitrogens with one attached hydrogen (secondary N) is 1. The first-order chi connectivity index (χ1) is 13.2. The van der Waals surface area contributed by atoms with E-state index >= 15 is 0 Å². The van der Waals surface area contributed by atoms with E-state index < -0.39 is 28.7 Å². The molecular weight excluding hydrogens is 360 g/mol. The summed E-state index contributed by atoms with van der Waals surface area (Å²) >= 11 is 0. The van der Waals surface area contributed by atoms with Gasteiger partial charge in [-0.15, -0.1) is 0 Å². The number of hydrogen-bond donors (Lipinski definition) is 1. The summed E-state index contributed by atoms with van der Waals surface area (Å²) in [4.78, 5) is 23.5. The molecule has 0 amide bonds. The van der Waals surface area contributed by atoms with E-state index in [1.807, 2.05) is 18.2 Å². The lowest BCUT2D eigenvalue weighted by Crippen LogP contribution is -2.49. The molecule has 1 N–H and O–H groups in total. The van der Waals surface area contributed by atoms with Gasteiger partial charge in [0.15, 0.2) is 5.41 Å². The van der Waals surface area contributed by atoms with Gasteiger partial charge in [-0.3, -0.25) is 9.59 Å². The van der Waals surface area contributed by atoms with Gasteiger partial charge in [0.2, 0.25) is 0 Å². The van der Waals surface area contributed by atoms with Crippen molar-refractivity contribution in [1.29, 1.82) is 21.2 Å². The molecule has 1 aliphatic rings. The molecule has 1 aliphatic carbocycles. The summed E-state index contributed by atoms with van der Waals surface area (Å²) in [6.07, 6.45) is 1.86. The van der Waals surface area contributed by atoms with Gasteiger partial charge in [-0.2, -0.15) is 15.8 Å². The molecule has 0 aromatic carbocycles. The van der Waals surface area contributed by atoms with Crippen LogP contribution >= 0.6 is 0 Å². The summed E-state index contributed by atoms with van der Waals surface area (Å²) in [7, 11) is 0. The Morgan fingerprint density at radius 3 is 2.11 bits per heavy atom. The largest absolute Gasteiger partial charge is 0.466 e. The zero-order valence-corrected chi connectivity index (χ0v) is 16.4. The summed E-state index contributed by atoms with van der Waals surface area (Å²) < 4.78 is 9.82. The van der Waals surface area contributed by atoms with E-state index in [1.54, 1.807) is 26.8 Å². The highest BCUT2D eigenvalue weighted by molar-refractivity contribution is 6.00. The molecule has 28 heavy (non-hydrogen) atoms. The molecule has 0 spiro atoms. The van der Waals surface area contributed by atoms with Gasteiger partial charge in [-0.25, -0.2) is 0 Å². The quantitative estimate of drug-likeness (QED) is 0.499. The first-order valence-electron chi connectivity index (χ1n) is 9.09. The van der Waals surface area contributed by atoms with E-state index in [1.165, 1.54) is 0 Å². The average molecular weight is 384 g/mol. The molecule has 0 aliphatic heterocycles. The number of carbonyl (C=O) groups is 2. The Hall–Kier alpha value is -3.18. The number of nitrogens with zero attached hydrogens (tertiary/aromatic N) is 3. The maximum atomic E-state index is 11.8. The predicted molar refractivity (Wildman–Crippen MR) is 98.4 cm³/mol. The molecule has 0 heterocycles. The van der Waals surface area contributed by atoms with Gasteiger partial charge < -0.3 is 14.9 Å². The summed E-state index contributed by atoms with van der Waals surface area (Å²) in [5.41, 5.74) is -2.91. The van der Waals surface area contributed by atoms with Crippen LogP contribution < -0.4 is 0 Å². The summed E-state index contributed by atoms with van der Waals surface area (Å²) in [5.74, 6) is -1.98. The third-order valence-electron chi connectivity index (χ3n) is 4.97. The number of rotatable bonds is 8. The first kappa shape index (κ1) is 22.9. The van der Waals surface area contributed by atoms with Crippen molar-refractivity contribution in [2.75, 3.05) is 13.2 Å². The van der Waals surface area contributed by atoms with Gasteiger partial charge in [0.05, 0.1) is 37.1 Å². The Balaban J connectivity index is 3.33. The maximum absolute atomic E-state index is 11.8. The summed E-state index contributed by atoms with van der Waals surface area (Å²) in [5, 5.41) is 37.5. The molecular formula is C20H24N4O4. The molecule has 0 radical (unpaired) electrons. The lowest BCUT2D eigenvalue weighted by atomic mass is 9.54. The molecule has 0 aromatic heterocycles. The van der Waals surface area contributed by atoms with E-state index in [2.05, 4.69) is 0 Å². The maximum Gasteiger partial charge on any atom is 0.306 e. The van der Waals surface area contributed by atoms with Crippen molar-refractivity contribution >= 4 is 17.7 Å². The minimum Gasteiger partial charge on any atom is -0.466 e. The van der Waals surface area contributed by atoms with Crippen molar-refractivity contribution in [3.05, 3.63) is 11.6 Å². The average Bonchev–Trinajstić information content (AvgIpc) is 2.66. The Morgan fingerprint density at radius 1 is 1.11 bits per heavy atom. The summed E-state index contributed by atoms with van der Waals surface area (Å²) in [6.45, 7) is 5.43. The SMILES string of the molecule is CCOC(=O)CCC1=C[C@@](C)(CCC(=O)OCC)C(C#N)(C#N)C(=N)C1C#N. The number of hydrogen-bond acceptors (Lipinski definition) is 8. The van der Waals surface area contributed by atoms with Gasteiger partial charge in [0.1, 0.15) is 5.92 Å². The van der Waals surface area contributed by atoms with Gasteiger partial charge in [-0.1, -0.05) is 18.6 Å². The fourth-order valence-corrected chi connectivity index (χ4v) is 3.41. The second-order valence-electron chi connectivity index (χ2n) is 6.70. The monoisotopic (exact) mass is 384 g/mol. The van der Waals surface area contributed by atoms with E-state index in [0.717, 1.165) is 0 Å². The van der Waals surface area contributed by atoms with Crippen LogP contribution in [0.2, 0.25) is 0 Å². The second kappa shape index (κ2) is 9.67. The van der Waals surface area contributed by atoms with Crippen LogP contribution in [-0.2, 0) is 19.1 Å². The van der Waals surface area contributed by atoms with Gasteiger partial charge in [-0.05, 0) is 26.7 Å². The normalized spacial score (nSPS) is 22.8. The number of ether oxygens (including phenoxy) is 2. The lowest BCUT2D eigenvalue weighted by molar-refractivity contribution is -0.144. The van der Waals surface area contributed by atoms with E-state index in [4.69, 9.17) is 14.9 Å². The van der Waals surface area contributed by atoms with Crippen LogP contribution in [0, 0.1) is 56.2 Å². The van der Waals surface area contributed by atoms with Crippen LogP contribution in [0.1, 0.15) is 46.5 Å². The Morgan fingerprint density at radius 2 is 1.64 bits per heavy atom. The molecule has 8 nitrogen and oxygen atoms in total. The number of esters is 2. The number of allylic oxidation sites excluding steroid dienone is 2. The van der Waals surface area contributed by atoms with Crippen LogP contribution in [0.5, 0.6) is 0 Å². The first-order valence-corrected chi connectivity index (χ1v) is 9.09. The second-order valence-corrected chi connectivity index (χ2v) is 6.70. The van der Waals surface area contributed by atoms with Crippen molar-refractivity contribution in [2.24, 2.45) is 16.7 Å². The molecule has 1 rings (SSSR count). The van der Waals surface area contributed by atoms with E-state index in [9.17, 15) is 25.4 Å². The third-order valence-corrected chi connectivity index (χ3v) is 4.97. The van der Waals surface area contributed by atoms with Crippen LogP contribution in [0.4, 0.5) is 0 Å². The van der Waals surface area contributed by atoms with Crippen molar-refractivity contribution in [1.82, 2.24) is 0 Å². The van der Waals surface area contributed by atoms with E-state index in [0.29, 0.717) is 5.57 Å². The molecule has 0 saturated heterocycles. The van der Waals surface area contributed by atoms with E-state index in [-0.39, 0.29) is 44.6 Å². The van der Waals surface area contributed by atoms with Crippen molar-refractivity contribution in [2.45, 2.75) is 46.5 Å². The molecule has 0 saturated carbocycles. The highest BCUT2D eigenvalue weighted by Gasteiger charge is 2.57. The standard InChI is InChI=1S/C20H24N4O4/c1-4-27-16(25)7-6-14-10-19(3,9-8-17(26)28-5-2)20(12-22,13-23)18(24)15(14)11-21/h10,15,24H,4-9H2,1-3H3/t15?,19-/m1/s1. The van der Waals surface area contributed by atoms with Crippen molar-refractivity contribution in [3.63, 3.8) is 0 Å². The highest BCUT2D eigenvalue weighted by atomic mass is 16.5. The third kappa shape index (κ3) is 4.38. The zero-order valence-electron chi connectivity index (χ0n) is 16.4. The fourth-order valence-electron chi connectivity index (χ4n) is 3.41. The number of nitriles is 3. The Bertz CT molecular complexity index is 782. The lowest BCUT2D eigenvalue weighted by Gasteiger charge is -2.43. The molecule has 0 bridgehead atoms. The zero-order chi connectivity index (χ0) is 21.4. The number of carbonyl (C=O) groups excluding carboxylic acids is 2. The molecule has 2 atom stereocenters. The smallest absolute Gasteiger partial charge is 0.306 e. The van der Waals surface area contributed by atoms with Gasteiger partial charge in [0, 0.05) is 18.3 Å². The molecule has 0 fully saturated rings. The topological polar surface area (TPSA) is 148 Å². The van der Waals surface area contributed by atoms with Crippen molar-refractivity contribution < 1.29 is 19.1 Å². The van der Waals surface area contributed by atoms with Gasteiger partial charge >= 0.3 is 11.9 Å².